The van der Waals surface area contributed by atoms with Crippen LogP contribution in [0.4, 0.5) is 5.69 Å². The van der Waals surface area contributed by atoms with Crippen LogP contribution in [0.5, 0.6) is 0 Å². The van der Waals surface area contributed by atoms with E-state index in [1.54, 1.807) is 6.20 Å². The van der Waals surface area contributed by atoms with Crippen molar-refractivity contribution in [3.8, 4) is 0 Å². The maximum atomic E-state index is 7.15. The van der Waals surface area contributed by atoms with Crippen molar-refractivity contribution in [3.63, 3.8) is 0 Å². The fraction of sp³-hybridized carbons (Fsp3) is 0. The molecule has 0 radical (unpaired) electrons. The Morgan fingerprint density at radius 2 is 1.84 bits per heavy atom. The Kier molecular flexibility index (Phi) is 1.94. The second-order valence-electron chi connectivity index (χ2n) is 4.48. The molecule has 0 unspecified atom stereocenters. The molecule has 1 N–H and O–H groups in total. The number of rotatable bonds is 1. The molecule has 0 amide bonds. The third kappa shape index (κ3) is 1.31. The molecule has 0 aliphatic heterocycles. The summed E-state index contributed by atoms with van der Waals surface area (Å²) in [6, 6.07) is 14.0. The number of nitrogens with one attached hydrogen (secondary N) is 1. The van der Waals surface area contributed by atoms with E-state index >= 15 is 0 Å². The molecule has 2 heterocycles. The molecule has 0 fully saturated rings. The number of hydrogen-bond acceptors (Lipinski definition) is 3. The average molecular weight is 246 g/mol. The molecule has 0 aliphatic rings. The van der Waals surface area contributed by atoms with Gasteiger partial charge in [-0.25, -0.2) is 10.5 Å². The Morgan fingerprint density at radius 3 is 2.68 bits per heavy atom. The Morgan fingerprint density at radius 1 is 1.00 bits per heavy atom. The van der Waals surface area contributed by atoms with Gasteiger partial charge >= 0.3 is 0 Å². The molecule has 4 rings (SSSR count). The second-order valence-corrected chi connectivity index (χ2v) is 4.48. The van der Waals surface area contributed by atoms with Gasteiger partial charge in [0.05, 0.1) is 11.2 Å². The number of aromatic nitrogens is 2. The standard InChI is InChI=1S/C15H10N4/c16-18-10-5-6-12-11-3-1-2-4-13(11)15-17-7-8-19(15)14(12)9-10/h1-9,16H. The zero-order chi connectivity index (χ0) is 12.8. The molecule has 2 aromatic heterocycles. The van der Waals surface area contributed by atoms with Gasteiger partial charge < -0.3 is 0 Å². The summed E-state index contributed by atoms with van der Waals surface area (Å²) in [7, 11) is 0. The van der Waals surface area contributed by atoms with Gasteiger partial charge in [0.1, 0.15) is 5.65 Å². The SMILES string of the molecule is N=Nc1ccc2c3ccccc3c3nccn3c2c1. The normalized spacial score (nSPS) is 11.4. The van der Waals surface area contributed by atoms with Gasteiger partial charge in [-0.05, 0) is 17.5 Å². The zero-order valence-electron chi connectivity index (χ0n) is 10.0. The number of pyridine rings is 1. The summed E-state index contributed by atoms with van der Waals surface area (Å²) in [5, 5.41) is 6.96. The van der Waals surface area contributed by atoms with Gasteiger partial charge in [0, 0.05) is 23.2 Å². The van der Waals surface area contributed by atoms with Crippen molar-refractivity contribution in [2.24, 2.45) is 5.11 Å². The molecule has 0 bridgehead atoms. The fourth-order valence-corrected chi connectivity index (χ4v) is 2.63. The first kappa shape index (κ1) is 10.2. The lowest BCUT2D eigenvalue weighted by atomic mass is 10.1. The second kappa shape index (κ2) is 3.62. The summed E-state index contributed by atoms with van der Waals surface area (Å²) in [6.07, 6.45) is 3.74. The quantitative estimate of drug-likeness (QED) is 0.395. The van der Waals surface area contributed by atoms with E-state index < -0.39 is 0 Å². The maximum Gasteiger partial charge on any atom is 0.145 e. The molecule has 4 heteroatoms. The molecule has 0 saturated carbocycles. The van der Waals surface area contributed by atoms with E-state index in [4.69, 9.17) is 5.53 Å². The summed E-state index contributed by atoms with van der Waals surface area (Å²) >= 11 is 0. The van der Waals surface area contributed by atoms with Gasteiger partial charge in [-0.1, -0.05) is 30.3 Å². The molecule has 0 saturated heterocycles. The van der Waals surface area contributed by atoms with Gasteiger partial charge in [0.2, 0.25) is 0 Å². The first-order valence-electron chi connectivity index (χ1n) is 6.03. The molecular formula is C15H10N4. The first-order valence-corrected chi connectivity index (χ1v) is 6.03. The summed E-state index contributed by atoms with van der Waals surface area (Å²) in [5.74, 6) is 0. The molecule has 2 aromatic carbocycles. The number of hydrogen-bond donors (Lipinski definition) is 1. The maximum absolute atomic E-state index is 7.15. The lowest BCUT2D eigenvalue weighted by molar-refractivity contribution is 1.15. The number of benzene rings is 2. The predicted octanol–water partition coefficient (Wildman–Crippen LogP) is 4.30. The van der Waals surface area contributed by atoms with E-state index in [9.17, 15) is 0 Å². The predicted molar refractivity (Wildman–Crippen MR) is 75.0 cm³/mol. The van der Waals surface area contributed by atoms with Crippen molar-refractivity contribution < 1.29 is 0 Å². The highest BCUT2D eigenvalue weighted by Crippen LogP contribution is 2.30. The van der Waals surface area contributed by atoms with Gasteiger partial charge in [-0.3, -0.25) is 4.40 Å². The summed E-state index contributed by atoms with van der Waals surface area (Å²) in [6.45, 7) is 0. The topological polar surface area (TPSA) is 53.5 Å². The van der Waals surface area contributed by atoms with Gasteiger partial charge in [0.25, 0.3) is 0 Å². The van der Waals surface area contributed by atoms with Crippen LogP contribution in [0.1, 0.15) is 0 Å². The Bertz CT molecular complexity index is 937. The zero-order valence-corrected chi connectivity index (χ0v) is 10.0. The molecule has 4 aromatic rings. The van der Waals surface area contributed by atoms with Gasteiger partial charge in [0.15, 0.2) is 0 Å². The van der Waals surface area contributed by atoms with Crippen LogP contribution in [0, 0.1) is 5.53 Å². The molecule has 19 heavy (non-hydrogen) atoms. The smallest absolute Gasteiger partial charge is 0.145 e. The van der Waals surface area contributed by atoms with Crippen molar-refractivity contribution >= 4 is 33.0 Å². The lowest BCUT2D eigenvalue weighted by Crippen LogP contribution is -1.89. The lowest BCUT2D eigenvalue weighted by Gasteiger charge is -2.08. The van der Waals surface area contributed by atoms with E-state index in [-0.39, 0.29) is 0 Å². The first-order chi connectivity index (χ1) is 9.38. The minimum absolute atomic E-state index is 0.651. The highest BCUT2D eigenvalue weighted by molar-refractivity contribution is 6.12. The molecule has 0 atom stereocenters. The number of fused-ring (bicyclic) bond motifs is 6. The third-order valence-electron chi connectivity index (χ3n) is 3.47. The van der Waals surface area contributed by atoms with E-state index in [2.05, 4.69) is 22.2 Å². The van der Waals surface area contributed by atoms with Gasteiger partial charge in [-0.15, -0.1) is 0 Å². The van der Waals surface area contributed by atoms with E-state index in [0.29, 0.717) is 5.69 Å². The summed E-state index contributed by atoms with van der Waals surface area (Å²) < 4.78 is 2.05. The van der Waals surface area contributed by atoms with Crippen LogP contribution in [0.2, 0.25) is 0 Å². The number of nitrogens with zero attached hydrogens (tertiary/aromatic N) is 3. The minimum Gasteiger partial charge on any atom is -0.299 e. The van der Waals surface area contributed by atoms with Crippen LogP contribution >= 0.6 is 0 Å². The largest absolute Gasteiger partial charge is 0.299 e. The summed E-state index contributed by atoms with van der Waals surface area (Å²) in [4.78, 5) is 4.44. The Balaban J connectivity index is 2.38. The summed E-state index contributed by atoms with van der Waals surface area (Å²) in [5.41, 5.74) is 9.77. The van der Waals surface area contributed by atoms with Crippen molar-refractivity contribution in [1.82, 2.24) is 9.38 Å². The van der Waals surface area contributed by atoms with E-state index in [1.807, 2.05) is 40.9 Å². The van der Waals surface area contributed by atoms with Crippen LogP contribution in [-0.4, -0.2) is 9.38 Å². The molecule has 0 spiro atoms. The molecule has 90 valence electrons. The van der Waals surface area contributed by atoms with Gasteiger partial charge in [-0.2, -0.15) is 5.11 Å². The molecule has 0 aliphatic carbocycles. The number of imidazole rings is 1. The van der Waals surface area contributed by atoms with E-state index in [1.165, 1.54) is 5.39 Å². The Labute approximate surface area is 108 Å². The molecular weight excluding hydrogens is 236 g/mol. The van der Waals surface area contributed by atoms with Crippen LogP contribution in [0.25, 0.3) is 27.3 Å². The monoisotopic (exact) mass is 246 g/mol. The molecule has 4 nitrogen and oxygen atoms in total. The van der Waals surface area contributed by atoms with Crippen LogP contribution in [0.3, 0.4) is 0 Å². The van der Waals surface area contributed by atoms with Crippen LogP contribution in [0.15, 0.2) is 60.0 Å². The van der Waals surface area contributed by atoms with Crippen molar-refractivity contribution in [1.29, 1.82) is 5.53 Å². The van der Waals surface area contributed by atoms with Crippen molar-refractivity contribution in [2.45, 2.75) is 0 Å². The minimum atomic E-state index is 0.651. The van der Waals surface area contributed by atoms with E-state index in [0.717, 1.165) is 21.9 Å². The van der Waals surface area contributed by atoms with Crippen LogP contribution in [-0.2, 0) is 0 Å². The van der Waals surface area contributed by atoms with Crippen molar-refractivity contribution in [2.75, 3.05) is 0 Å². The third-order valence-corrected chi connectivity index (χ3v) is 3.47. The Hall–Kier alpha value is -2.75. The van der Waals surface area contributed by atoms with Crippen molar-refractivity contribution in [3.05, 3.63) is 54.9 Å². The highest BCUT2D eigenvalue weighted by Gasteiger charge is 2.08. The van der Waals surface area contributed by atoms with Crippen LogP contribution < -0.4 is 0 Å². The highest BCUT2D eigenvalue weighted by atomic mass is 15.0. The average Bonchev–Trinajstić information content (AvgIpc) is 2.97. The fourth-order valence-electron chi connectivity index (χ4n) is 2.63.